The van der Waals surface area contributed by atoms with Gasteiger partial charge in [-0.1, -0.05) is 18.2 Å². The summed E-state index contributed by atoms with van der Waals surface area (Å²) >= 11 is 0. The Kier molecular flexibility index (Phi) is 2.06. The van der Waals surface area contributed by atoms with Gasteiger partial charge in [0, 0.05) is 0 Å². The van der Waals surface area contributed by atoms with Crippen LogP contribution in [0.15, 0.2) is 24.8 Å². The third-order valence-electron chi connectivity index (χ3n) is 1.67. The van der Waals surface area contributed by atoms with Crippen LogP contribution in [-0.2, 0) is 0 Å². The van der Waals surface area contributed by atoms with Crippen molar-refractivity contribution in [3.63, 3.8) is 0 Å². The third kappa shape index (κ3) is 1.68. The number of aliphatic hydroxyl groups excluding tert-OH is 1. The second-order valence-corrected chi connectivity index (χ2v) is 2.46. The Morgan fingerprint density at radius 1 is 1.67 bits per heavy atom. The number of rotatable bonds is 1. The molecule has 0 fully saturated rings. The predicted molar refractivity (Wildman–Crippen MR) is 38.1 cm³/mol. The highest BCUT2D eigenvalue weighted by molar-refractivity contribution is 5.00. The summed E-state index contributed by atoms with van der Waals surface area (Å²) in [5.41, 5.74) is 0. The van der Waals surface area contributed by atoms with Gasteiger partial charge in [0.1, 0.15) is 0 Å². The first-order valence-corrected chi connectivity index (χ1v) is 3.30. The molecule has 0 radical (unpaired) electrons. The van der Waals surface area contributed by atoms with E-state index in [-0.39, 0.29) is 6.10 Å². The van der Waals surface area contributed by atoms with Crippen LogP contribution in [0.3, 0.4) is 0 Å². The monoisotopic (exact) mass is 124 g/mol. The summed E-state index contributed by atoms with van der Waals surface area (Å²) in [7, 11) is 0. The number of allylic oxidation sites excluding steroid dienone is 2. The van der Waals surface area contributed by atoms with Gasteiger partial charge >= 0.3 is 0 Å². The van der Waals surface area contributed by atoms with Crippen LogP contribution in [0, 0.1) is 5.92 Å². The minimum Gasteiger partial charge on any atom is -0.389 e. The molecule has 2 atom stereocenters. The van der Waals surface area contributed by atoms with E-state index in [4.69, 9.17) is 5.11 Å². The lowest BCUT2D eigenvalue weighted by atomic mass is 9.93. The summed E-state index contributed by atoms with van der Waals surface area (Å²) in [5, 5.41) is 9.08. The van der Waals surface area contributed by atoms with Crippen molar-refractivity contribution in [1.82, 2.24) is 0 Å². The molecular weight excluding hydrogens is 112 g/mol. The van der Waals surface area contributed by atoms with E-state index in [0.717, 1.165) is 12.8 Å². The van der Waals surface area contributed by atoms with Gasteiger partial charge in [-0.3, -0.25) is 0 Å². The normalized spacial score (nSPS) is 34.3. The van der Waals surface area contributed by atoms with E-state index in [1.54, 1.807) is 0 Å². The summed E-state index contributed by atoms with van der Waals surface area (Å²) in [4.78, 5) is 0. The van der Waals surface area contributed by atoms with Crippen molar-refractivity contribution in [2.45, 2.75) is 18.9 Å². The highest BCUT2D eigenvalue weighted by Gasteiger charge is 2.11. The molecule has 1 rings (SSSR count). The molecule has 1 aliphatic rings. The molecule has 9 heavy (non-hydrogen) atoms. The largest absolute Gasteiger partial charge is 0.389 e. The lowest BCUT2D eigenvalue weighted by molar-refractivity contribution is 0.190. The molecule has 0 aromatic rings. The van der Waals surface area contributed by atoms with Gasteiger partial charge in [-0.25, -0.2) is 0 Å². The second kappa shape index (κ2) is 2.83. The standard InChI is InChI=1S/C8H12O/c1-2-7-4-3-5-8(9)6-7/h2-3,5,7-9H,1,4,6H2/t7-,8+/m0/s1. The smallest absolute Gasteiger partial charge is 0.0726 e. The van der Waals surface area contributed by atoms with Crippen LogP contribution in [0.2, 0.25) is 0 Å². The Hall–Kier alpha value is -0.560. The van der Waals surface area contributed by atoms with Gasteiger partial charge in [-0.05, 0) is 18.8 Å². The van der Waals surface area contributed by atoms with Crippen LogP contribution in [0.5, 0.6) is 0 Å². The molecule has 0 spiro atoms. The van der Waals surface area contributed by atoms with Gasteiger partial charge < -0.3 is 5.11 Å². The fourth-order valence-electron chi connectivity index (χ4n) is 1.09. The molecule has 0 heterocycles. The zero-order chi connectivity index (χ0) is 6.69. The summed E-state index contributed by atoms with van der Waals surface area (Å²) in [6, 6.07) is 0. The molecule has 0 saturated carbocycles. The minimum atomic E-state index is -0.234. The van der Waals surface area contributed by atoms with Crippen molar-refractivity contribution in [2.75, 3.05) is 0 Å². The van der Waals surface area contributed by atoms with E-state index >= 15 is 0 Å². The third-order valence-corrected chi connectivity index (χ3v) is 1.67. The summed E-state index contributed by atoms with van der Waals surface area (Å²) in [5.74, 6) is 0.491. The lowest BCUT2D eigenvalue weighted by Gasteiger charge is -2.17. The number of hydrogen-bond acceptors (Lipinski definition) is 1. The van der Waals surface area contributed by atoms with Crippen molar-refractivity contribution >= 4 is 0 Å². The first-order chi connectivity index (χ1) is 4.33. The maximum Gasteiger partial charge on any atom is 0.0726 e. The Balaban J connectivity index is 2.46. The van der Waals surface area contributed by atoms with Gasteiger partial charge in [0.05, 0.1) is 6.10 Å². The molecular formula is C8H12O. The first-order valence-electron chi connectivity index (χ1n) is 3.30. The van der Waals surface area contributed by atoms with Crippen LogP contribution in [-0.4, -0.2) is 11.2 Å². The molecule has 0 bridgehead atoms. The van der Waals surface area contributed by atoms with E-state index in [9.17, 15) is 0 Å². The molecule has 0 saturated heterocycles. The molecule has 0 unspecified atom stereocenters. The molecule has 0 aromatic heterocycles. The maximum absolute atomic E-state index is 9.08. The molecule has 50 valence electrons. The van der Waals surface area contributed by atoms with Crippen molar-refractivity contribution in [3.8, 4) is 0 Å². The molecule has 1 aliphatic carbocycles. The fraction of sp³-hybridized carbons (Fsp3) is 0.500. The molecule has 1 nitrogen and oxygen atoms in total. The summed E-state index contributed by atoms with van der Waals surface area (Å²) < 4.78 is 0. The average Bonchev–Trinajstić information content (AvgIpc) is 1.88. The molecule has 0 aromatic carbocycles. The Bertz CT molecular complexity index is 127. The fourth-order valence-corrected chi connectivity index (χ4v) is 1.09. The van der Waals surface area contributed by atoms with Crippen LogP contribution >= 0.6 is 0 Å². The first kappa shape index (κ1) is 6.56. The maximum atomic E-state index is 9.08. The highest BCUT2D eigenvalue weighted by atomic mass is 16.3. The van der Waals surface area contributed by atoms with Crippen molar-refractivity contribution in [1.29, 1.82) is 0 Å². The number of hydrogen-bond donors (Lipinski definition) is 1. The van der Waals surface area contributed by atoms with E-state index < -0.39 is 0 Å². The minimum absolute atomic E-state index is 0.234. The quantitative estimate of drug-likeness (QED) is 0.525. The van der Waals surface area contributed by atoms with Gasteiger partial charge in [0.2, 0.25) is 0 Å². The van der Waals surface area contributed by atoms with Gasteiger partial charge in [0.15, 0.2) is 0 Å². The second-order valence-electron chi connectivity index (χ2n) is 2.46. The van der Waals surface area contributed by atoms with Crippen LogP contribution in [0.1, 0.15) is 12.8 Å². The topological polar surface area (TPSA) is 20.2 Å². The van der Waals surface area contributed by atoms with Crippen LogP contribution in [0.4, 0.5) is 0 Å². The van der Waals surface area contributed by atoms with E-state index in [2.05, 4.69) is 6.58 Å². The van der Waals surface area contributed by atoms with Crippen LogP contribution < -0.4 is 0 Å². The zero-order valence-electron chi connectivity index (χ0n) is 5.46. The average molecular weight is 124 g/mol. The van der Waals surface area contributed by atoms with Crippen molar-refractivity contribution in [3.05, 3.63) is 24.8 Å². The molecule has 0 amide bonds. The van der Waals surface area contributed by atoms with Gasteiger partial charge in [-0.15, -0.1) is 6.58 Å². The van der Waals surface area contributed by atoms with Gasteiger partial charge in [-0.2, -0.15) is 0 Å². The van der Waals surface area contributed by atoms with Gasteiger partial charge in [0.25, 0.3) is 0 Å². The van der Waals surface area contributed by atoms with Crippen molar-refractivity contribution < 1.29 is 5.11 Å². The zero-order valence-corrected chi connectivity index (χ0v) is 5.46. The SMILES string of the molecule is C=C[C@H]1CC=C[C@@H](O)C1. The van der Waals surface area contributed by atoms with E-state index in [1.165, 1.54) is 0 Å². The molecule has 0 aliphatic heterocycles. The van der Waals surface area contributed by atoms with E-state index in [0.29, 0.717) is 5.92 Å². The molecule has 1 N–H and O–H groups in total. The van der Waals surface area contributed by atoms with Crippen molar-refractivity contribution in [2.24, 2.45) is 5.92 Å². The molecule has 1 heteroatoms. The van der Waals surface area contributed by atoms with E-state index in [1.807, 2.05) is 18.2 Å². The van der Waals surface area contributed by atoms with Crippen LogP contribution in [0.25, 0.3) is 0 Å². The Morgan fingerprint density at radius 2 is 2.44 bits per heavy atom. The summed E-state index contributed by atoms with van der Waals surface area (Å²) in [6.07, 6.45) is 7.43. The number of aliphatic hydroxyl groups is 1. The summed E-state index contributed by atoms with van der Waals surface area (Å²) in [6.45, 7) is 3.67. The highest BCUT2D eigenvalue weighted by Crippen LogP contribution is 2.18. The lowest BCUT2D eigenvalue weighted by Crippen LogP contribution is -2.12. The predicted octanol–water partition coefficient (Wildman–Crippen LogP) is 1.50. The Morgan fingerprint density at radius 3 is 2.89 bits per heavy atom. The Labute approximate surface area is 55.7 Å².